The number of hydrogen-bond acceptors (Lipinski definition) is 4. The van der Waals surface area contributed by atoms with Crippen LogP contribution < -0.4 is 10.6 Å². The molecule has 0 spiro atoms. The van der Waals surface area contributed by atoms with Gasteiger partial charge in [-0.3, -0.25) is 10.1 Å². The zero-order valence-corrected chi connectivity index (χ0v) is 15.9. The van der Waals surface area contributed by atoms with Gasteiger partial charge in [-0.05, 0) is 36.1 Å². The number of guanidine groups is 1. The number of nitro benzene ring substituents is 1. The van der Waals surface area contributed by atoms with Crippen molar-refractivity contribution in [2.24, 2.45) is 4.99 Å². The zero-order chi connectivity index (χ0) is 20.2. The van der Waals surface area contributed by atoms with Crippen LogP contribution in [0.15, 0.2) is 53.5 Å². The van der Waals surface area contributed by atoms with E-state index in [2.05, 4.69) is 15.6 Å². The van der Waals surface area contributed by atoms with E-state index < -0.39 is 4.92 Å². The van der Waals surface area contributed by atoms with E-state index in [9.17, 15) is 14.5 Å². The van der Waals surface area contributed by atoms with Crippen molar-refractivity contribution < 1.29 is 14.1 Å². The summed E-state index contributed by atoms with van der Waals surface area (Å²) in [4.78, 5) is 14.8. The van der Waals surface area contributed by atoms with Crippen molar-refractivity contribution in [3.63, 3.8) is 0 Å². The summed E-state index contributed by atoms with van der Waals surface area (Å²) in [5, 5.41) is 17.2. The Labute approximate surface area is 163 Å². The largest absolute Gasteiger partial charge is 0.385 e. The van der Waals surface area contributed by atoms with Gasteiger partial charge in [-0.15, -0.1) is 0 Å². The smallest absolute Gasteiger partial charge is 0.269 e. The number of nitrogens with one attached hydrogen (secondary N) is 2. The molecule has 2 rings (SSSR count). The second-order valence-electron chi connectivity index (χ2n) is 6.16. The summed E-state index contributed by atoms with van der Waals surface area (Å²) in [6, 6.07) is 12.7. The van der Waals surface area contributed by atoms with Gasteiger partial charge >= 0.3 is 0 Å². The zero-order valence-electron chi connectivity index (χ0n) is 15.9. The highest BCUT2D eigenvalue weighted by molar-refractivity contribution is 5.79. The van der Waals surface area contributed by atoms with Crippen LogP contribution in [0.4, 0.5) is 10.1 Å². The molecule has 0 heterocycles. The Morgan fingerprint density at radius 3 is 2.36 bits per heavy atom. The van der Waals surface area contributed by atoms with Gasteiger partial charge in [0.25, 0.3) is 5.69 Å². The molecular formula is C20H25FN4O3. The Morgan fingerprint density at radius 2 is 1.71 bits per heavy atom. The molecule has 0 atom stereocenters. The molecule has 0 saturated carbocycles. The first-order valence-electron chi connectivity index (χ1n) is 9.07. The molecule has 0 aliphatic carbocycles. The van der Waals surface area contributed by atoms with Crippen molar-refractivity contribution in [3.05, 3.63) is 75.6 Å². The number of non-ortho nitro benzene ring substituents is 1. The van der Waals surface area contributed by atoms with Crippen molar-refractivity contribution >= 4 is 11.6 Å². The van der Waals surface area contributed by atoms with Crippen LogP contribution >= 0.6 is 0 Å². The summed E-state index contributed by atoms with van der Waals surface area (Å²) < 4.78 is 18.0. The van der Waals surface area contributed by atoms with E-state index in [0.29, 0.717) is 32.2 Å². The second-order valence-corrected chi connectivity index (χ2v) is 6.16. The van der Waals surface area contributed by atoms with Gasteiger partial charge in [-0.2, -0.15) is 0 Å². The van der Waals surface area contributed by atoms with E-state index in [4.69, 9.17) is 4.74 Å². The molecule has 0 bridgehead atoms. The SMILES string of the molecule is COCCCNC(=NCc1ccc([N+](=O)[O-])cc1)NCCc1ccc(F)cc1. The fourth-order valence-electron chi connectivity index (χ4n) is 2.47. The van der Waals surface area contributed by atoms with Crippen molar-refractivity contribution in [2.45, 2.75) is 19.4 Å². The lowest BCUT2D eigenvalue weighted by Gasteiger charge is -2.13. The van der Waals surface area contributed by atoms with E-state index in [1.165, 1.54) is 24.3 Å². The Morgan fingerprint density at radius 1 is 1.07 bits per heavy atom. The molecule has 0 amide bonds. The van der Waals surface area contributed by atoms with Crippen molar-refractivity contribution in [1.82, 2.24) is 10.6 Å². The molecule has 0 aliphatic heterocycles. The number of methoxy groups -OCH3 is 1. The first-order valence-corrected chi connectivity index (χ1v) is 9.07. The summed E-state index contributed by atoms with van der Waals surface area (Å²) in [6.07, 6.45) is 1.57. The van der Waals surface area contributed by atoms with Gasteiger partial charge in [0.1, 0.15) is 5.82 Å². The van der Waals surface area contributed by atoms with Gasteiger partial charge in [0.05, 0.1) is 11.5 Å². The number of halogens is 1. The van der Waals surface area contributed by atoms with Gasteiger partial charge in [-0.25, -0.2) is 9.38 Å². The van der Waals surface area contributed by atoms with Crippen molar-refractivity contribution in [3.8, 4) is 0 Å². The standard InChI is InChI=1S/C20H25FN4O3/c1-28-14-2-12-22-20(23-13-11-16-3-7-18(21)8-4-16)24-15-17-5-9-19(10-6-17)25(26)27/h3-10H,2,11-15H2,1H3,(H2,22,23,24). The molecule has 0 aromatic heterocycles. The maximum atomic E-state index is 13.0. The molecule has 0 unspecified atom stereocenters. The molecule has 7 nitrogen and oxygen atoms in total. The molecule has 0 radical (unpaired) electrons. The summed E-state index contributed by atoms with van der Waals surface area (Å²) in [6.45, 7) is 2.39. The van der Waals surface area contributed by atoms with Crippen molar-refractivity contribution in [2.75, 3.05) is 26.8 Å². The molecule has 150 valence electrons. The maximum absolute atomic E-state index is 13.0. The topological polar surface area (TPSA) is 88.8 Å². The van der Waals surface area contributed by atoms with Crippen LogP contribution in [0.5, 0.6) is 0 Å². The quantitative estimate of drug-likeness (QED) is 0.215. The van der Waals surface area contributed by atoms with E-state index in [1.54, 1.807) is 31.4 Å². The lowest BCUT2D eigenvalue weighted by molar-refractivity contribution is -0.384. The minimum atomic E-state index is -0.424. The monoisotopic (exact) mass is 388 g/mol. The number of ether oxygens (including phenoxy) is 1. The third-order valence-corrected chi connectivity index (χ3v) is 4.00. The number of nitro groups is 1. The van der Waals surface area contributed by atoms with Crippen LogP contribution in [-0.2, 0) is 17.7 Å². The fourth-order valence-corrected chi connectivity index (χ4v) is 2.47. The molecule has 2 aromatic rings. The predicted octanol–water partition coefficient (Wildman–Crippen LogP) is 3.05. The van der Waals surface area contributed by atoms with Crippen LogP contribution in [-0.4, -0.2) is 37.7 Å². The highest BCUT2D eigenvalue weighted by Crippen LogP contribution is 2.12. The normalized spacial score (nSPS) is 11.3. The lowest BCUT2D eigenvalue weighted by Crippen LogP contribution is -2.39. The predicted molar refractivity (Wildman–Crippen MR) is 107 cm³/mol. The molecule has 8 heteroatoms. The summed E-state index contributed by atoms with van der Waals surface area (Å²) in [5.74, 6) is 0.401. The minimum absolute atomic E-state index is 0.0584. The van der Waals surface area contributed by atoms with Crippen LogP contribution in [0.25, 0.3) is 0 Å². The number of nitrogens with zero attached hydrogens (tertiary/aromatic N) is 2. The lowest BCUT2D eigenvalue weighted by atomic mass is 10.1. The third kappa shape index (κ3) is 7.71. The first kappa shape index (κ1) is 21.3. The van der Waals surface area contributed by atoms with Crippen LogP contribution in [0.3, 0.4) is 0 Å². The van der Waals surface area contributed by atoms with Crippen molar-refractivity contribution in [1.29, 1.82) is 0 Å². The van der Waals surface area contributed by atoms with E-state index >= 15 is 0 Å². The molecule has 0 aliphatic rings. The number of aliphatic imine (C=N–C) groups is 1. The van der Waals surface area contributed by atoms with Gasteiger partial charge in [0.2, 0.25) is 0 Å². The van der Waals surface area contributed by atoms with Crippen LogP contribution in [0, 0.1) is 15.9 Å². The number of rotatable bonds is 10. The Balaban J connectivity index is 1.91. The minimum Gasteiger partial charge on any atom is -0.385 e. The van der Waals surface area contributed by atoms with E-state index in [1.807, 2.05) is 0 Å². The average Bonchev–Trinajstić information content (AvgIpc) is 2.70. The Bertz CT molecular complexity index is 764. The van der Waals surface area contributed by atoms with Crippen LogP contribution in [0.1, 0.15) is 17.5 Å². The molecule has 0 fully saturated rings. The van der Waals surface area contributed by atoms with Gasteiger partial charge in [-0.1, -0.05) is 24.3 Å². The summed E-state index contributed by atoms with van der Waals surface area (Å²) in [5.41, 5.74) is 1.97. The maximum Gasteiger partial charge on any atom is 0.269 e. The average molecular weight is 388 g/mol. The molecule has 2 aromatic carbocycles. The van der Waals surface area contributed by atoms with Crippen LogP contribution in [0.2, 0.25) is 0 Å². The van der Waals surface area contributed by atoms with Gasteiger partial charge in [0, 0.05) is 38.9 Å². The van der Waals surface area contributed by atoms with E-state index in [-0.39, 0.29) is 11.5 Å². The summed E-state index contributed by atoms with van der Waals surface area (Å²) >= 11 is 0. The summed E-state index contributed by atoms with van der Waals surface area (Å²) in [7, 11) is 1.66. The molecular weight excluding hydrogens is 363 g/mol. The molecule has 0 saturated heterocycles. The molecule has 28 heavy (non-hydrogen) atoms. The fraction of sp³-hybridized carbons (Fsp3) is 0.350. The number of hydrogen-bond donors (Lipinski definition) is 2. The second kappa shape index (κ2) is 11.7. The third-order valence-electron chi connectivity index (χ3n) is 4.00. The highest BCUT2D eigenvalue weighted by atomic mass is 19.1. The highest BCUT2D eigenvalue weighted by Gasteiger charge is 2.04. The molecule has 2 N–H and O–H groups in total. The van der Waals surface area contributed by atoms with Gasteiger partial charge < -0.3 is 15.4 Å². The Kier molecular flexibility index (Phi) is 8.87. The first-order chi connectivity index (χ1) is 13.6. The van der Waals surface area contributed by atoms with Gasteiger partial charge in [0.15, 0.2) is 5.96 Å². The Hall–Kier alpha value is -3.00. The van der Waals surface area contributed by atoms with E-state index in [0.717, 1.165) is 24.0 Å². The number of benzene rings is 2.